The van der Waals surface area contributed by atoms with Gasteiger partial charge in [0.1, 0.15) is 17.9 Å². The predicted molar refractivity (Wildman–Crippen MR) is 211 cm³/mol. The molecular weight excluding hydrogens is 718 g/mol. The van der Waals surface area contributed by atoms with Crippen LogP contribution in [0.3, 0.4) is 0 Å². The van der Waals surface area contributed by atoms with E-state index in [0.29, 0.717) is 44.9 Å². The highest BCUT2D eigenvalue weighted by Gasteiger charge is 2.56. The summed E-state index contributed by atoms with van der Waals surface area (Å²) in [4.78, 5) is 57.8. The molecule has 12 nitrogen and oxygen atoms in total. The third kappa shape index (κ3) is 11.2. The average Bonchev–Trinajstić information content (AvgIpc) is 3.16. The number of cyclic esters (lactones) is 1. The lowest BCUT2D eigenvalue weighted by molar-refractivity contribution is -0.289. The summed E-state index contributed by atoms with van der Waals surface area (Å²) in [6.07, 6.45) is 4.73. The number of aliphatic hydroxyl groups is 5. The summed E-state index contributed by atoms with van der Waals surface area (Å²) in [6.45, 7) is 13.1. The van der Waals surface area contributed by atoms with Gasteiger partial charge in [-0.1, -0.05) is 54.9 Å². The van der Waals surface area contributed by atoms with Gasteiger partial charge in [0, 0.05) is 55.8 Å². The van der Waals surface area contributed by atoms with Gasteiger partial charge in [-0.25, -0.2) is 4.79 Å². The van der Waals surface area contributed by atoms with Gasteiger partial charge in [-0.05, 0) is 107 Å². The predicted octanol–water partition coefficient (Wildman–Crippen LogP) is 4.83. The lowest BCUT2D eigenvalue weighted by Gasteiger charge is -2.47. The summed E-state index contributed by atoms with van der Waals surface area (Å²) in [5.74, 6) is -7.85. The fourth-order valence-corrected chi connectivity index (χ4v) is 10.9. The molecule has 16 atom stereocenters. The van der Waals surface area contributed by atoms with Crippen molar-refractivity contribution in [3.8, 4) is 0 Å². The second-order valence-corrected chi connectivity index (χ2v) is 19.0. The van der Waals surface area contributed by atoms with Crippen LogP contribution in [0.1, 0.15) is 138 Å². The number of carbonyl (C=O) groups excluding carboxylic acids is 4. The number of piperidine rings is 1. The fourth-order valence-electron chi connectivity index (χ4n) is 10.9. The molecule has 3 saturated heterocycles. The summed E-state index contributed by atoms with van der Waals surface area (Å²) in [7, 11) is 0. The van der Waals surface area contributed by atoms with E-state index in [-0.39, 0.29) is 86.4 Å². The number of fused-ring (bicyclic) bond motifs is 3. The van der Waals surface area contributed by atoms with Gasteiger partial charge in [0.25, 0.3) is 11.7 Å². The topological polar surface area (TPSA) is 191 Å². The molecule has 0 aromatic rings. The van der Waals surface area contributed by atoms with Gasteiger partial charge < -0.3 is 39.9 Å². The van der Waals surface area contributed by atoms with Crippen LogP contribution in [-0.4, -0.2) is 110 Å². The lowest BCUT2D eigenvalue weighted by atomic mass is 9.74. The number of ether oxygens (including phenoxy) is 2. The molecule has 56 heavy (non-hydrogen) atoms. The zero-order chi connectivity index (χ0) is 41.5. The molecular formula is C44H75NO11. The maximum absolute atomic E-state index is 14.3. The Bertz CT molecular complexity index is 1310. The van der Waals surface area contributed by atoms with Crippen molar-refractivity contribution in [3.05, 3.63) is 0 Å². The molecule has 5 N–H and O–H groups in total. The molecule has 0 aromatic carbocycles. The minimum Gasteiger partial charge on any atom is -0.460 e. The maximum atomic E-state index is 14.3. The van der Waals surface area contributed by atoms with E-state index in [9.17, 15) is 44.7 Å². The Balaban J connectivity index is 1.72. The van der Waals surface area contributed by atoms with Crippen LogP contribution >= 0.6 is 0 Å². The second-order valence-electron chi connectivity index (χ2n) is 19.0. The Kier molecular flexibility index (Phi) is 17.4. The Hall–Kier alpha value is -1.96. The molecule has 0 radical (unpaired) electrons. The number of Topliss-reactive ketones (excluding diaryl/α,β-unsaturated/α-hetero) is 2. The molecule has 0 spiro atoms. The quantitative estimate of drug-likeness (QED) is 0.175. The van der Waals surface area contributed by atoms with Gasteiger partial charge in [0.2, 0.25) is 5.79 Å². The number of carbonyl (C=O) groups is 4. The normalized spacial score (nSPS) is 42.3. The molecule has 1 aliphatic carbocycles. The van der Waals surface area contributed by atoms with E-state index in [1.807, 2.05) is 27.7 Å². The fraction of sp³-hybridized carbons (Fsp3) is 0.909. The van der Waals surface area contributed by atoms with Crippen molar-refractivity contribution in [2.45, 2.75) is 175 Å². The minimum atomic E-state index is -2.53. The number of esters is 1. The monoisotopic (exact) mass is 794 g/mol. The van der Waals surface area contributed by atoms with Crippen molar-refractivity contribution in [1.82, 2.24) is 4.90 Å². The van der Waals surface area contributed by atoms with E-state index in [4.69, 9.17) is 9.47 Å². The number of hydrogen-bond acceptors (Lipinski definition) is 11. The van der Waals surface area contributed by atoms with Crippen molar-refractivity contribution in [2.75, 3.05) is 19.8 Å². The Morgan fingerprint density at radius 2 is 1.50 bits per heavy atom. The van der Waals surface area contributed by atoms with Crippen molar-refractivity contribution in [2.24, 2.45) is 59.2 Å². The van der Waals surface area contributed by atoms with E-state index in [1.165, 1.54) is 4.90 Å². The molecule has 4 aliphatic rings. The first kappa shape index (κ1) is 46.7. The summed E-state index contributed by atoms with van der Waals surface area (Å²) in [5.41, 5.74) is 0. The molecule has 1 amide bonds. The van der Waals surface area contributed by atoms with Gasteiger partial charge in [-0.3, -0.25) is 14.4 Å². The average molecular weight is 794 g/mol. The van der Waals surface area contributed by atoms with Crippen LogP contribution in [0.4, 0.5) is 0 Å². The largest absolute Gasteiger partial charge is 0.460 e. The number of aliphatic hydroxyl groups excluding tert-OH is 4. The minimum absolute atomic E-state index is 0.0185. The molecule has 2 bridgehead atoms. The van der Waals surface area contributed by atoms with E-state index < -0.39 is 71.5 Å². The van der Waals surface area contributed by atoms with Gasteiger partial charge >= 0.3 is 5.97 Å². The zero-order valence-electron chi connectivity index (χ0n) is 35.3. The molecule has 12 heteroatoms. The Morgan fingerprint density at radius 3 is 2.14 bits per heavy atom. The SMILES string of the molecule is CCC[C@@H]1CC(C)C[C@H](C)C[C@H](CO)[C@H]2O[C@@](O)(C(=O)C(=O)N3CCCC[C@H]3C(=O)O[C@H](C(C)C[C@@H]3CC[C@@H](O)[C@H](C)C3)[C@H](C)[C@@H](O)CC1=O)[C@H](C)C[C@@H]2CO. The van der Waals surface area contributed by atoms with Crippen LogP contribution in [0.25, 0.3) is 0 Å². The highest BCUT2D eigenvalue weighted by molar-refractivity contribution is 6.39. The number of amides is 1. The van der Waals surface area contributed by atoms with Gasteiger partial charge in [-0.2, -0.15) is 0 Å². The van der Waals surface area contributed by atoms with E-state index in [2.05, 4.69) is 13.8 Å². The molecule has 2 unspecified atom stereocenters. The number of nitrogens with zero attached hydrogens (tertiary/aromatic N) is 1. The Morgan fingerprint density at radius 1 is 0.839 bits per heavy atom. The standard InChI is InChI=1S/C44H75NO11/c1-8-11-32-17-25(2)16-26(3)18-33(23-46)40-34(24-47)21-29(6)44(54,56-40)41(51)42(52)45-15-10-9-12-35(45)43(53)55-39(30(7)37(49)22-38(32)50)28(5)20-31-13-14-36(48)27(4)19-31/h25-37,39-40,46-49,54H,8-24H2,1-7H3/t25?,26-,27+,28?,29+,30+,31+,32+,33+,34+,35-,36+,37-,39+,40+,44+/m0/s1. The van der Waals surface area contributed by atoms with Crippen LogP contribution in [-0.2, 0) is 28.7 Å². The van der Waals surface area contributed by atoms with E-state index >= 15 is 0 Å². The lowest BCUT2D eigenvalue weighted by Crippen LogP contribution is -2.63. The van der Waals surface area contributed by atoms with Gasteiger partial charge in [-0.15, -0.1) is 0 Å². The van der Waals surface area contributed by atoms with Crippen LogP contribution in [0.2, 0.25) is 0 Å². The number of ketones is 2. The van der Waals surface area contributed by atoms with Gasteiger partial charge in [0.15, 0.2) is 0 Å². The molecule has 1 saturated carbocycles. The first-order valence-electron chi connectivity index (χ1n) is 22.0. The molecule has 322 valence electrons. The van der Waals surface area contributed by atoms with Crippen LogP contribution in [0.15, 0.2) is 0 Å². The highest BCUT2D eigenvalue weighted by Crippen LogP contribution is 2.42. The van der Waals surface area contributed by atoms with Crippen LogP contribution < -0.4 is 0 Å². The highest BCUT2D eigenvalue weighted by atomic mass is 16.6. The summed E-state index contributed by atoms with van der Waals surface area (Å²) >= 11 is 0. The first-order chi connectivity index (χ1) is 26.4. The molecule has 4 rings (SSSR count). The third-order valence-corrected chi connectivity index (χ3v) is 14.2. The summed E-state index contributed by atoms with van der Waals surface area (Å²) in [5, 5.41) is 55.1. The second kappa shape index (κ2) is 20.8. The van der Waals surface area contributed by atoms with Crippen LogP contribution in [0.5, 0.6) is 0 Å². The van der Waals surface area contributed by atoms with E-state index in [1.54, 1.807) is 6.92 Å². The van der Waals surface area contributed by atoms with E-state index in [0.717, 1.165) is 25.7 Å². The van der Waals surface area contributed by atoms with Crippen molar-refractivity contribution in [1.29, 1.82) is 0 Å². The molecule has 3 heterocycles. The number of rotatable bonds is 7. The first-order valence-corrected chi connectivity index (χ1v) is 22.0. The zero-order valence-corrected chi connectivity index (χ0v) is 35.3. The van der Waals surface area contributed by atoms with Crippen molar-refractivity contribution in [3.63, 3.8) is 0 Å². The summed E-state index contributed by atoms with van der Waals surface area (Å²) < 4.78 is 12.6. The van der Waals surface area contributed by atoms with Crippen LogP contribution in [0, 0.1) is 59.2 Å². The van der Waals surface area contributed by atoms with Crippen molar-refractivity contribution >= 4 is 23.4 Å². The van der Waals surface area contributed by atoms with Crippen molar-refractivity contribution < 1.29 is 54.2 Å². The maximum Gasteiger partial charge on any atom is 0.329 e. The summed E-state index contributed by atoms with van der Waals surface area (Å²) in [6, 6.07) is -1.11. The molecule has 0 aromatic heterocycles. The third-order valence-electron chi connectivity index (χ3n) is 14.2. The Labute approximate surface area is 335 Å². The smallest absolute Gasteiger partial charge is 0.329 e. The molecule has 4 fully saturated rings. The van der Waals surface area contributed by atoms with Gasteiger partial charge in [0.05, 0.1) is 18.3 Å². The number of hydrogen-bond donors (Lipinski definition) is 5. The molecule has 3 aliphatic heterocycles.